The molecule has 3 heterocycles. The second kappa shape index (κ2) is 9.11. The maximum Gasteiger partial charge on any atom is 0.263 e. The van der Waals surface area contributed by atoms with Gasteiger partial charge in [0, 0.05) is 37.0 Å². The largest absolute Gasteiger partial charge is 0.347 e. The summed E-state index contributed by atoms with van der Waals surface area (Å²) < 4.78 is 1.71. The van der Waals surface area contributed by atoms with E-state index in [1.165, 1.54) is 11.3 Å². The molecule has 0 fully saturated rings. The van der Waals surface area contributed by atoms with Gasteiger partial charge in [0.2, 0.25) is 5.95 Å². The maximum absolute atomic E-state index is 12.6. The SMILES string of the molecule is Cc1cc(-c2ccnc(Nc3cnn(C)c3)n2)ccc1CNC(=O)c1cnc(C(C)(C)C)s1. The van der Waals surface area contributed by atoms with Crippen LogP contribution in [-0.4, -0.2) is 30.6 Å². The Balaban J connectivity index is 1.43. The maximum atomic E-state index is 12.6. The molecule has 1 amide bonds. The van der Waals surface area contributed by atoms with Crippen LogP contribution in [0.4, 0.5) is 11.6 Å². The summed E-state index contributed by atoms with van der Waals surface area (Å²) in [4.78, 5) is 26.5. The van der Waals surface area contributed by atoms with Crippen LogP contribution in [0.15, 0.2) is 49.1 Å². The van der Waals surface area contributed by atoms with Crippen molar-refractivity contribution in [2.75, 3.05) is 5.32 Å². The van der Waals surface area contributed by atoms with E-state index in [1.54, 1.807) is 23.3 Å². The number of anilines is 2. The number of amides is 1. The predicted octanol–water partition coefficient (Wildman–Crippen LogP) is 4.61. The molecule has 170 valence electrons. The molecule has 2 N–H and O–H groups in total. The lowest BCUT2D eigenvalue weighted by atomic mass is 9.98. The van der Waals surface area contributed by atoms with Gasteiger partial charge in [0.05, 0.1) is 28.8 Å². The molecule has 0 aliphatic rings. The van der Waals surface area contributed by atoms with Crippen molar-refractivity contribution in [1.29, 1.82) is 0 Å². The summed E-state index contributed by atoms with van der Waals surface area (Å²) in [5.74, 6) is 0.405. The molecule has 0 aliphatic heterocycles. The van der Waals surface area contributed by atoms with Gasteiger partial charge < -0.3 is 10.6 Å². The van der Waals surface area contributed by atoms with Gasteiger partial charge in [0.1, 0.15) is 4.88 Å². The van der Waals surface area contributed by atoms with Gasteiger partial charge in [0.15, 0.2) is 0 Å². The molecule has 4 aromatic rings. The number of nitrogens with zero attached hydrogens (tertiary/aromatic N) is 5. The summed E-state index contributed by atoms with van der Waals surface area (Å²) in [6.45, 7) is 8.76. The molecule has 0 aliphatic carbocycles. The molecule has 9 heteroatoms. The van der Waals surface area contributed by atoms with Crippen molar-refractivity contribution in [2.24, 2.45) is 7.05 Å². The first-order valence-corrected chi connectivity index (χ1v) is 11.4. The molecule has 0 atom stereocenters. The lowest BCUT2D eigenvalue weighted by molar-refractivity contribution is 0.0954. The van der Waals surface area contributed by atoms with Gasteiger partial charge in [-0.25, -0.2) is 15.0 Å². The zero-order valence-electron chi connectivity index (χ0n) is 19.4. The minimum atomic E-state index is -0.103. The molecule has 0 spiro atoms. The summed E-state index contributed by atoms with van der Waals surface area (Å²) in [6.07, 6.45) is 6.97. The number of rotatable bonds is 6. The smallest absolute Gasteiger partial charge is 0.263 e. The first kappa shape index (κ1) is 22.6. The van der Waals surface area contributed by atoms with Gasteiger partial charge in [-0.05, 0) is 30.2 Å². The first-order valence-electron chi connectivity index (χ1n) is 10.6. The van der Waals surface area contributed by atoms with Crippen LogP contribution in [0.25, 0.3) is 11.3 Å². The zero-order valence-corrected chi connectivity index (χ0v) is 20.2. The minimum Gasteiger partial charge on any atom is -0.347 e. The van der Waals surface area contributed by atoms with Gasteiger partial charge >= 0.3 is 0 Å². The summed E-state index contributed by atoms with van der Waals surface area (Å²) >= 11 is 1.44. The first-order chi connectivity index (χ1) is 15.7. The Morgan fingerprint density at radius 1 is 1.15 bits per heavy atom. The van der Waals surface area contributed by atoms with Crippen LogP contribution in [0.3, 0.4) is 0 Å². The lowest BCUT2D eigenvalue weighted by Gasteiger charge is -2.13. The Hall–Kier alpha value is -3.59. The van der Waals surface area contributed by atoms with E-state index >= 15 is 0 Å². The topological polar surface area (TPSA) is 97.6 Å². The van der Waals surface area contributed by atoms with E-state index < -0.39 is 0 Å². The molecule has 1 aromatic carbocycles. The van der Waals surface area contributed by atoms with Crippen LogP contribution in [0.5, 0.6) is 0 Å². The Morgan fingerprint density at radius 3 is 2.64 bits per heavy atom. The van der Waals surface area contributed by atoms with Crippen molar-refractivity contribution in [3.63, 3.8) is 0 Å². The van der Waals surface area contributed by atoms with E-state index in [0.29, 0.717) is 17.4 Å². The van der Waals surface area contributed by atoms with Crippen molar-refractivity contribution in [2.45, 2.75) is 39.7 Å². The van der Waals surface area contributed by atoms with E-state index in [4.69, 9.17) is 0 Å². The fraction of sp³-hybridized carbons (Fsp3) is 0.292. The quantitative estimate of drug-likeness (QED) is 0.435. The highest BCUT2D eigenvalue weighted by atomic mass is 32.1. The molecule has 4 rings (SSSR count). The van der Waals surface area contributed by atoms with Gasteiger partial charge in [0.25, 0.3) is 5.91 Å². The molecular formula is C24H27N7OS. The summed E-state index contributed by atoms with van der Waals surface area (Å²) in [7, 11) is 1.86. The number of aryl methyl sites for hydroxylation is 2. The standard InChI is InChI=1S/C24H27N7OS/c1-15-10-16(19-8-9-25-23(30-19)29-18-12-28-31(5)14-18)6-7-17(15)11-26-21(32)20-13-27-22(33-20)24(2,3)4/h6-10,12-14H,11H2,1-5H3,(H,26,32)(H,25,29,30). The predicted molar refractivity (Wildman–Crippen MR) is 131 cm³/mol. The lowest BCUT2D eigenvalue weighted by Crippen LogP contribution is -2.22. The van der Waals surface area contributed by atoms with Crippen LogP contribution in [0.2, 0.25) is 0 Å². The highest BCUT2D eigenvalue weighted by Gasteiger charge is 2.20. The minimum absolute atomic E-state index is 0.0655. The van der Waals surface area contributed by atoms with Gasteiger partial charge in [-0.15, -0.1) is 11.3 Å². The summed E-state index contributed by atoms with van der Waals surface area (Å²) in [5, 5.41) is 11.3. The van der Waals surface area contributed by atoms with Crippen LogP contribution in [-0.2, 0) is 19.0 Å². The Labute approximate surface area is 197 Å². The second-order valence-electron chi connectivity index (χ2n) is 8.90. The normalized spacial score (nSPS) is 11.4. The van der Waals surface area contributed by atoms with Crippen LogP contribution < -0.4 is 10.6 Å². The third-order valence-electron chi connectivity index (χ3n) is 5.07. The molecule has 0 unspecified atom stereocenters. The Morgan fingerprint density at radius 2 is 1.97 bits per heavy atom. The fourth-order valence-corrected chi connectivity index (χ4v) is 4.13. The molecular weight excluding hydrogens is 434 g/mol. The summed E-state index contributed by atoms with van der Waals surface area (Å²) in [6, 6.07) is 7.98. The van der Waals surface area contributed by atoms with Crippen molar-refractivity contribution in [3.8, 4) is 11.3 Å². The van der Waals surface area contributed by atoms with Gasteiger partial charge in [-0.1, -0.05) is 32.9 Å². The number of carbonyl (C=O) groups is 1. The second-order valence-corrected chi connectivity index (χ2v) is 9.93. The fourth-order valence-electron chi connectivity index (χ4n) is 3.24. The van der Waals surface area contributed by atoms with E-state index in [-0.39, 0.29) is 11.3 Å². The monoisotopic (exact) mass is 461 g/mol. The third-order valence-corrected chi connectivity index (χ3v) is 6.49. The summed E-state index contributed by atoms with van der Waals surface area (Å²) in [5.41, 5.74) is 4.69. The highest BCUT2D eigenvalue weighted by Crippen LogP contribution is 2.27. The third kappa shape index (κ3) is 5.43. The van der Waals surface area contributed by atoms with Crippen molar-refractivity contribution in [3.05, 3.63) is 70.1 Å². The van der Waals surface area contributed by atoms with E-state index in [2.05, 4.69) is 57.5 Å². The van der Waals surface area contributed by atoms with Gasteiger partial charge in [-0.3, -0.25) is 9.48 Å². The number of hydrogen-bond donors (Lipinski definition) is 2. The van der Waals surface area contributed by atoms with Crippen molar-refractivity contribution in [1.82, 2.24) is 30.0 Å². The molecule has 8 nitrogen and oxygen atoms in total. The number of hydrogen-bond acceptors (Lipinski definition) is 7. The van der Waals surface area contributed by atoms with E-state index in [1.807, 2.05) is 38.4 Å². The van der Waals surface area contributed by atoms with Gasteiger partial charge in [-0.2, -0.15) is 5.10 Å². The molecule has 33 heavy (non-hydrogen) atoms. The highest BCUT2D eigenvalue weighted by molar-refractivity contribution is 7.13. The van der Waals surface area contributed by atoms with Crippen molar-refractivity contribution >= 4 is 28.9 Å². The number of carbonyl (C=O) groups excluding carboxylic acids is 1. The number of aromatic nitrogens is 5. The average Bonchev–Trinajstić information content (AvgIpc) is 3.42. The molecule has 3 aromatic heterocycles. The number of nitrogens with one attached hydrogen (secondary N) is 2. The van der Waals surface area contributed by atoms with E-state index in [9.17, 15) is 4.79 Å². The van der Waals surface area contributed by atoms with Crippen LogP contribution >= 0.6 is 11.3 Å². The average molecular weight is 462 g/mol. The van der Waals surface area contributed by atoms with Crippen molar-refractivity contribution < 1.29 is 4.79 Å². The Kier molecular flexibility index (Phi) is 6.24. The van der Waals surface area contributed by atoms with Crippen LogP contribution in [0.1, 0.15) is 46.6 Å². The molecule has 0 saturated heterocycles. The molecule has 0 bridgehead atoms. The number of thiazole rings is 1. The van der Waals surface area contributed by atoms with E-state index in [0.717, 1.165) is 33.1 Å². The number of benzene rings is 1. The molecule has 0 radical (unpaired) electrons. The Bertz CT molecular complexity index is 1290. The molecule has 0 saturated carbocycles. The van der Waals surface area contributed by atoms with Crippen LogP contribution in [0, 0.1) is 6.92 Å². The zero-order chi connectivity index (χ0) is 23.6.